The number of nitrogens with one attached hydrogen (secondary N) is 2. The molecule has 3 saturated heterocycles. The zero-order valence-electron chi connectivity index (χ0n) is 19.4. The highest BCUT2D eigenvalue weighted by atomic mass is 16.5. The van der Waals surface area contributed by atoms with Gasteiger partial charge in [0.2, 0.25) is 11.8 Å². The SMILES string of the molecule is O=C1CCC(N2Cc3c(OCC(=O)N4CCCCC4C4CCNCC4)cccc3C2=O)C(=O)N1. The Hall–Kier alpha value is -2.94. The largest absolute Gasteiger partial charge is 0.483 e. The van der Waals surface area contributed by atoms with Crippen LogP contribution in [-0.2, 0) is 20.9 Å². The predicted molar refractivity (Wildman–Crippen MR) is 123 cm³/mol. The topological polar surface area (TPSA) is 108 Å². The Morgan fingerprint density at radius 1 is 1.06 bits per heavy atom. The first-order chi connectivity index (χ1) is 16.5. The number of fused-ring (bicyclic) bond motifs is 1. The molecular weight excluding hydrogens is 436 g/mol. The number of hydrogen-bond donors (Lipinski definition) is 2. The van der Waals surface area contributed by atoms with Crippen LogP contribution >= 0.6 is 0 Å². The summed E-state index contributed by atoms with van der Waals surface area (Å²) in [5.74, 6) is 0.0311. The summed E-state index contributed by atoms with van der Waals surface area (Å²) in [7, 11) is 0. The zero-order valence-corrected chi connectivity index (χ0v) is 19.4. The molecule has 4 heterocycles. The molecule has 9 heteroatoms. The van der Waals surface area contributed by atoms with Gasteiger partial charge in [0.25, 0.3) is 11.8 Å². The summed E-state index contributed by atoms with van der Waals surface area (Å²) < 4.78 is 5.99. The molecule has 4 aliphatic heterocycles. The second kappa shape index (κ2) is 9.74. The molecule has 0 aromatic heterocycles. The van der Waals surface area contributed by atoms with E-state index in [9.17, 15) is 19.2 Å². The van der Waals surface area contributed by atoms with E-state index in [0.29, 0.717) is 29.2 Å². The number of ether oxygens (including phenoxy) is 1. The molecule has 5 rings (SSSR count). The van der Waals surface area contributed by atoms with Gasteiger partial charge in [-0.1, -0.05) is 6.07 Å². The van der Waals surface area contributed by atoms with Crippen molar-refractivity contribution in [3.8, 4) is 5.75 Å². The van der Waals surface area contributed by atoms with E-state index in [-0.39, 0.29) is 43.3 Å². The minimum absolute atomic E-state index is 0.00724. The Morgan fingerprint density at radius 3 is 2.68 bits per heavy atom. The van der Waals surface area contributed by atoms with Gasteiger partial charge < -0.3 is 19.9 Å². The predicted octanol–water partition coefficient (Wildman–Crippen LogP) is 1.21. The van der Waals surface area contributed by atoms with Crippen molar-refractivity contribution in [2.45, 2.75) is 63.6 Å². The maximum atomic E-state index is 13.2. The standard InChI is InChI=1S/C25H32N4O5/c30-22-8-7-20(24(32)27-22)29-14-18-17(25(29)33)4-3-6-21(18)34-15-23(31)28-13-2-1-5-19(28)16-9-11-26-12-10-16/h3-4,6,16,19-20,26H,1-2,5,7-15H2,(H,27,30,32). The molecular formula is C25H32N4O5. The van der Waals surface area contributed by atoms with E-state index in [0.717, 1.165) is 51.7 Å². The van der Waals surface area contributed by atoms with Gasteiger partial charge in [0, 0.05) is 30.1 Å². The number of rotatable bonds is 5. The Morgan fingerprint density at radius 2 is 1.88 bits per heavy atom. The van der Waals surface area contributed by atoms with E-state index in [4.69, 9.17) is 4.74 Å². The Labute approximate surface area is 199 Å². The van der Waals surface area contributed by atoms with Crippen LogP contribution in [0.3, 0.4) is 0 Å². The van der Waals surface area contributed by atoms with E-state index < -0.39 is 11.9 Å². The second-order valence-electron chi connectivity index (χ2n) is 9.71. The Kier molecular flexibility index (Phi) is 6.54. The van der Waals surface area contributed by atoms with Crippen LogP contribution in [0.2, 0.25) is 0 Å². The summed E-state index contributed by atoms with van der Waals surface area (Å²) in [6.45, 7) is 2.95. The minimum Gasteiger partial charge on any atom is -0.483 e. The summed E-state index contributed by atoms with van der Waals surface area (Å²) in [6, 6.07) is 4.83. The van der Waals surface area contributed by atoms with Crippen LogP contribution < -0.4 is 15.4 Å². The van der Waals surface area contributed by atoms with E-state index in [2.05, 4.69) is 10.6 Å². The maximum absolute atomic E-state index is 13.2. The number of amides is 4. The van der Waals surface area contributed by atoms with Crippen molar-refractivity contribution < 1.29 is 23.9 Å². The van der Waals surface area contributed by atoms with Crippen LogP contribution in [-0.4, -0.2) is 71.8 Å². The average Bonchev–Trinajstić information content (AvgIpc) is 3.20. The quantitative estimate of drug-likeness (QED) is 0.629. The fourth-order valence-corrected chi connectivity index (χ4v) is 5.90. The van der Waals surface area contributed by atoms with Gasteiger partial charge >= 0.3 is 0 Å². The first-order valence-electron chi connectivity index (χ1n) is 12.4. The van der Waals surface area contributed by atoms with Crippen molar-refractivity contribution in [2.75, 3.05) is 26.2 Å². The van der Waals surface area contributed by atoms with Gasteiger partial charge in [-0.25, -0.2) is 0 Å². The molecule has 0 bridgehead atoms. The number of hydrogen-bond acceptors (Lipinski definition) is 6. The van der Waals surface area contributed by atoms with E-state index in [1.165, 1.54) is 4.90 Å². The van der Waals surface area contributed by atoms with E-state index in [1.807, 2.05) is 4.90 Å². The van der Waals surface area contributed by atoms with Gasteiger partial charge in [-0.15, -0.1) is 0 Å². The molecule has 3 fully saturated rings. The molecule has 4 amide bonds. The molecule has 34 heavy (non-hydrogen) atoms. The summed E-state index contributed by atoms with van der Waals surface area (Å²) in [6.07, 6.45) is 5.94. The lowest BCUT2D eigenvalue weighted by molar-refractivity contribution is -0.139. The van der Waals surface area contributed by atoms with Crippen LogP contribution in [0.1, 0.15) is 60.9 Å². The smallest absolute Gasteiger partial charge is 0.260 e. The van der Waals surface area contributed by atoms with Crippen molar-refractivity contribution in [1.82, 2.24) is 20.4 Å². The molecule has 0 saturated carbocycles. The number of imide groups is 1. The fourth-order valence-electron chi connectivity index (χ4n) is 5.90. The van der Waals surface area contributed by atoms with Crippen molar-refractivity contribution >= 4 is 23.6 Å². The molecule has 2 atom stereocenters. The van der Waals surface area contributed by atoms with Gasteiger partial charge in [-0.3, -0.25) is 24.5 Å². The number of likely N-dealkylation sites (tertiary alicyclic amines) is 1. The molecule has 0 spiro atoms. The normalized spacial score (nSPS) is 25.8. The van der Waals surface area contributed by atoms with Crippen molar-refractivity contribution in [2.24, 2.45) is 5.92 Å². The lowest BCUT2D eigenvalue weighted by Crippen LogP contribution is -2.52. The van der Waals surface area contributed by atoms with Crippen molar-refractivity contribution in [3.63, 3.8) is 0 Å². The third-order valence-electron chi connectivity index (χ3n) is 7.69. The lowest BCUT2D eigenvalue weighted by Gasteiger charge is -2.42. The minimum atomic E-state index is -0.675. The van der Waals surface area contributed by atoms with Crippen molar-refractivity contribution in [1.29, 1.82) is 0 Å². The number of piperidine rings is 3. The third kappa shape index (κ3) is 4.41. The molecule has 2 unspecified atom stereocenters. The van der Waals surface area contributed by atoms with Crippen LogP contribution in [0, 0.1) is 5.92 Å². The number of benzene rings is 1. The molecule has 0 aliphatic carbocycles. The highest BCUT2D eigenvalue weighted by molar-refractivity contribution is 6.05. The van der Waals surface area contributed by atoms with E-state index in [1.54, 1.807) is 18.2 Å². The number of carbonyl (C=O) groups excluding carboxylic acids is 4. The number of nitrogens with zero attached hydrogens (tertiary/aromatic N) is 2. The fraction of sp³-hybridized carbons (Fsp3) is 0.600. The van der Waals surface area contributed by atoms with Gasteiger partial charge in [-0.2, -0.15) is 0 Å². The highest BCUT2D eigenvalue weighted by Crippen LogP contribution is 2.34. The second-order valence-corrected chi connectivity index (χ2v) is 9.71. The lowest BCUT2D eigenvalue weighted by atomic mass is 9.84. The molecule has 1 aromatic carbocycles. The first kappa shape index (κ1) is 22.8. The monoisotopic (exact) mass is 468 g/mol. The molecule has 9 nitrogen and oxygen atoms in total. The molecule has 4 aliphatic rings. The van der Waals surface area contributed by atoms with E-state index >= 15 is 0 Å². The summed E-state index contributed by atoms with van der Waals surface area (Å²) in [5.41, 5.74) is 1.18. The first-order valence-corrected chi connectivity index (χ1v) is 12.4. The Balaban J connectivity index is 1.26. The third-order valence-corrected chi connectivity index (χ3v) is 7.69. The average molecular weight is 469 g/mol. The number of carbonyl (C=O) groups is 4. The van der Waals surface area contributed by atoms with Gasteiger partial charge in [-0.05, 0) is 69.7 Å². The van der Waals surface area contributed by atoms with Gasteiger partial charge in [0.05, 0.1) is 6.54 Å². The molecule has 0 radical (unpaired) electrons. The van der Waals surface area contributed by atoms with Crippen molar-refractivity contribution in [3.05, 3.63) is 29.3 Å². The summed E-state index contributed by atoms with van der Waals surface area (Å²) in [5, 5.41) is 5.72. The van der Waals surface area contributed by atoms with Crippen LogP contribution in [0.15, 0.2) is 18.2 Å². The summed E-state index contributed by atoms with van der Waals surface area (Å²) in [4.78, 5) is 53.5. The maximum Gasteiger partial charge on any atom is 0.260 e. The highest BCUT2D eigenvalue weighted by Gasteiger charge is 2.40. The van der Waals surface area contributed by atoms with Gasteiger partial charge in [0.15, 0.2) is 6.61 Å². The Bertz CT molecular complexity index is 990. The molecule has 1 aromatic rings. The zero-order chi connectivity index (χ0) is 23.7. The van der Waals surface area contributed by atoms with Crippen LogP contribution in [0.5, 0.6) is 5.75 Å². The van der Waals surface area contributed by atoms with Crippen LogP contribution in [0.4, 0.5) is 0 Å². The van der Waals surface area contributed by atoms with Crippen LogP contribution in [0.25, 0.3) is 0 Å². The molecule has 2 N–H and O–H groups in total. The summed E-state index contributed by atoms with van der Waals surface area (Å²) >= 11 is 0. The molecule has 182 valence electrons. The van der Waals surface area contributed by atoms with Gasteiger partial charge in [0.1, 0.15) is 11.8 Å².